The molecular formula is C6H9NO2SW. The molecule has 1 aliphatic rings. The zero-order valence-electron chi connectivity index (χ0n) is 6.36. The SMILES string of the molecule is CN1C(=O)CC([S-])C1=O.[CH3-].[W+2]. The Morgan fingerprint density at radius 2 is 2.00 bits per heavy atom. The summed E-state index contributed by atoms with van der Waals surface area (Å²) in [5.41, 5.74) is 0. The molecule has 0 aromatic heterocycles. The van der Waals surface area contributed by atoms with Gasteiger partial charge in [0.2, 0.25) is 11.8 Å². The van der Waals surface area contributed by atoms with Crippen molar-refractivity contribution < 1.29 is 30.7 Å². The maximum absolute atomic E-state index is 10.7. The quantitative estimate of drug-likeness (QED) is 0.346. The van der Waals surface area contributed by atoms with Crippen LogP contribution < -0.4 is 0 Å². The molecule has 0 aromatic rings. The van der Waals surface area contributed by atoms with E-state index in [0.29, 0.717) is 0 Å². The van der Waals surface area contributed by atoms with Crippen molar-refractivity contribution in [1.82, 2.24) is 4.90 Å². The molecule has 1 atom stereocenters. The molecule has 62 valence electrons. The van der Waals surface area contributed by atoms with Crippen LogP contribution in [0, 0.1) is 7.43 Å². The van der Waals surface area contributed by atoms with Crippen LogP contribution in [0.2, 0.25) is 0 Å². The molecule has 0 bridgehead atoms. The van der Waals surface area contributed by atoms with E-state index < -0.39 is 5.25 Å². The molecule has 2 amide bonds. The number of carbonyl (C=O) groups is 2. The van der Waals surface area contributed by atoms with Crippen LogP contribution in [0.25, 0.3) is 0 Å². The molecule has 0 saturated carbocycles. The van der Waals surface area contributed by atoms with Gasteiger partial charge in [-0.2, -0.15) is 0 Å². The predicted molar refractivity (Wildman–Crippen MR) is 40.0 cm³/mol. The summed E-state index contributed by atoms with van der Waals surface area (Å²) in [5, 5.41) is -0.512. The second-order valence-electron chi connectivity index (χ2n) is 1.98. The number of hydrogen-bond donors (Lipinski definition) is 0. The molecule has 0 aliphatic carbocycles. The molecule has 0 aromatic carbocycles. The number of imide groups is 1. The van der Waals surface area contributed by atoms with Gasteiger partial charge in [0.05, 0.1) is 0 Å². The summed E-state index contributed by atoms with van der Waals surface area (Å²) >= 11 is 4.67. The largest absolute Gasteiger partial charge is 2.00 e. The molecule has 1 fully saturated rings. The monoisotopic (exact) mass is 343 g/mol. The molecule has 1 unspecified atom stereocenters. The maximum atomic E-state index is 10.7. The van der Waals surface area contributed by atoms with E-state index in [-0.39, 0.29) is 46.7 Å². The maximum Gasteiger partial charge on any atom is 2.00 e. The van der Waals surface area contributed by atoms with Crippen molar-refractivity contribution in [2.45, 2.75) is 11.7 Å². The Balaban J connectivity index is 0. The second kappa shape index (κ2) is 4.94. The minimum absolute atomic E-state index is 0. The van der Waals surface area contributed by atoms with Crippen LogP contribution >= 0.6 is 0 Å². The number of hydrogen-bond acceptors (Lipinski definition) is 3. The molecule has 1 heterocycles. The average Bonchev–Trinajstić information content (AvgIpc) is 1.98. The minimum atomic E-state index is -0.512. The molecule has 3 nitrogen and oxygen atoms in total. The van der Waals surface area contributed by atoms with Gasteiger partial charge in [-0.1, -0.05) is 5.25 Å². The summed E-state index contributed by atoms with van der Waals surface area (Å²) in [6, 6.07) is 0. The Morgan fingerprint density at radius 1 is 1.55 bits per heavy atom. The first kappa shape index (κ1) is 13.7. The molecule has 1 saturated heterocycles. The third kappa shape index (κ3) is 2.60. The van der Waals surface area contributed by atoms with Crippen molar-refractivity contribution >= 4 is 24.4 Å². The number of carbonyl (C=O) groups excluding carboxylic acids is 2. The standard InChI is InChI=1S/C5H7NO2S.CH3.W/c1-6-4(7)2-3(9)5(6)8;;/h3,9H,2H2,1H3;1H3;/q;-1;+2/p-1. The minimum Gasteiger partial charge on any atom is -0.779 e. The Bertz CT molecular complexity index is 174. The van der Waals surface area contributed by atoms with E-state index >= 15 is 0 Å². The van der Waals surface area contributed by atoms with E-state index in [4.69, 9.17) is 0 Å². The Kier molecular flexibility index (Phi) is 6.17. The first-order chi connectivity index (χ1) is 4.13. The fourth-order valence-electron chi connectivity index (χ4n) is 0.722. The molecule has 0 spiro atoms. The van der Waals surface area contributed by atoms with Gasteiger partial charge in [0, 0.05) is 13.5 Å². The van der Waals surface area contributed by atoms with Crippen LogP contribution in [0.3, 0.4) is 0 Å². The predicted octanol–water partition coefficient (Wildman–Crippen LogP) is -0.262. The number of likely N-dealkylation sites (tertiary alicyclic amines) is 1. The zero-order chi connectivity index (χ0) is 7.02. The van der Waals surface area contributed by atoms with E-state index in [9.17, 15) is 9.59 Å². The molecule has 1 aliphatic heterocycles. The average molecular weight is 343 g/mol. The smallest absolute Gasteiger partial charge is 0.779 e. The number of amides is 2. The van der Waals surface area contributed by atoms with E-state index in [0.717, 1.165) is 4.90 Å². The molecule has 0 radical (unpaired) electrons. The topological polar surface area (TPSA) is 37.4 Å². The fourth-order valence-corrected chi connectivity index (χ4v) is 1.02. The summed E-state index contributed by atoms with van der Waals surface area (Å²) in [6.45, 7) is 0. The van der Waals surface area contributed by atoms with Gasteiger partial charge in [0.25, 0.3) is 0 Å². The molecule has 1 rings (SSSR count). The van der Waals surface area contributed by atoms with Crippen molar-refractivity contribution in [2.75, 3.05) is 7.05 Å². The van der Waals surface area contributed by atoms with Crippen LogP contribution in [0.5, 0.6) is 0 Å². The van der Waals surface area contributed by atoms with Crippen LogP contribution in [0.1, 0.15) is 6.42 Å². The summed E-state index contributed by atoms with van der Waals surface area (Å²) in [6.07, 6.45) is 0.199. The third-order valence-electron chi connectivity index (χ3n) is 1.34. The van der Waals surface area contributed by atoms with Gasteiger partial charge in [0.1, 0.15) is 0 Å². The number of nitrogens with zero attached hydrogens (tertiary/aromatic N) is 1. The zero-order valence-corrected chi connectivity index (χ0v) is 10.1. The van der Waals surface area contributed by atoms with Gasteiger partial charge >= 0.3 is 21.1 Å². The fraction of sp³-hybridized carbons (Fsp3) is 0.500. The van der Waals surface area contributed by atoms with Gasteiger partial charge in [-0.3, -0.25) is 14.5 Å². The summed E-state index contributed by atoms with van der Waals surface area (Å²) < 4.78 is 0. The van der Waals surface area contributed by atoms with Gasteiger partial charge in [-0.25, -0.2) is 0 Å². The van der Waals surface area contributed by atoms with Crippen LogP contribution in [0.15, 0.2) is 0 Å². The summed E-state index contributed by atoms with van der Waals surface area (Å²) in [7, 11) is 1.46. The van der Waals surface area contributed by atoms with Crippen molar-refractivity contribution in [3.63, 3.8) is 0 Å². The van der Waals surface area contributed by atoms with Crippen LogP contribution in [-0.2, 0) is 43.3 Å². The van der Waals surface area contributed by atoms with Crippen LogP contribution in [0.4, 0.5) is 0 Å². The Morgan fingerprint density at radius 3 is 2.09 bits per heavy atom. The summed E-state index contributed by atoms with van der Waals surface area (Å²) in [5.74, 6) is -0.407. The first-order valence-corrected chi connectivity index (χ1v) is 3.06. The Hall–Kier alpha value is 0.178. The van der Waals surface area contributed by atoms with Crippen molar-refractivity contribution in [1.29, 1.82) is 0 Å². The molecule has 5 heteroatoms. The van der Waals surface area contributed by atoms with Gasteiger partial charge in [-0.05, 0) is 0 Å². The van der Waals surface area contributed by atoms with Crippen molar-refractivity contribution in [3.05, 3.63) is 7.43 Å². The number of rotatable bonds is 0. The Labute approximate surface area is 86.2 Å². The van der Waals surface area contributed by atoms with E-state index in [1.54, 1.807) is 0 Å². The van der Waals surface area contributed by atoms with Gasteiger partial charge in [-0.15, -0.1) is 0 Å². The van der Waals surface area contributed by atoms with E-state index in [1.807, 2.05) is 0 Å². The van der Waals surface area contributed by atoms with Crippen molar-refractivity contribution in [2.24, 2.45) is 0 Å². The molecule has 11 heavy (non-hydrogen) atoms. The van der Waals surface area contributed by atoms with Gasteiger partial charge in [0.15, 0.2) is 0 Å². The van der Waals surface area contributed by atoms with Gasteiger partial charge < -0.3 is 20.1 Å². The first-order valence-electron chi connectivity index (χ1n) is 2.59. The molecular weight excluding hydrogens is 334 g/mol. The van der Waals surface area contributed by atoms with E-state index in [2.05, 4.69) is 12.6 Å². The molecule has 0 N–H and O–H groups in total. The van der Waals surface area contributed by atoms with Crippen LogP contribution in [-0.4, -0.2) is 29.0 Å². The van der Waals surface area contributed by atoms with Crippen molar-refractivity contribution in [3.8, 4) is 0 Å². The normalized spacial score (nSPS) is 22.7. The van der Waals surface area contributed by atoms with E-state index in [1.165, 1.54) is 7.05 Å². The third-order valence-corrected chi connectivity index (χ3v) is 1.71. The second-order valence-corrected chi connectivity index (χ2v) is 2.55. The summed E-state index contributed by atoms with van der Waals surface area (Å²) in [4.78, 5) is 22.4.